The lowest BCUT2D eigenvalue weighted by Crippen LogP contribution is -2.41. The van der Waals surface area contributed by atoms with E-state index in [1.165, 1.54) is 7.11 Å². The molecule has 4 atom stereocenters. The number of carbonyl (C=O) groups is 2. The van der Waals surface area contributed by atoms with E-state index in [9.17, 15) is 9.59 Å². The number of nitrogens with zero attached hydrogens (tertiary/aromatic N) is 1. The standard InChI is InChI=1S/C24H24N2O6/c1-29-16-7-5-15(6-8-16)26-13-24-11-10-18(32-24)20(21(24)23(26)28)22(27)25-14-4-9-17(30-2)19(12-14)31-3/h4-12,18,20-21H,13H2,1-3H3,(H,25,27)/t18-,20?,21?,24-/m1/s1. The zero-order valence-electron chi connectivity index (χ0n) is 18.0. The number of anilines is 2. The summed E-state index contributed by atoms with van der Waals surface area (Å²) in [6.07, 6.45) is 3.39. The van der Waals surface area contributed by atoms with Gasteiger partial charge in [0, 0.05) is 17.4 Å². The molecule has 32 heavy (non-hydrogen) atoms. The molecular weight excluding hydrogens is 412 g/mol. The third kappa shape index (κ3) is 3.02. The van der Waals surface area contributed by atoms with Crippen LogP contribution in [0.15, 0.2) is 54.6 Å². The van der Waals surface area contributed by atoms with Gasteiger partial charge in [-0.1, -0.05) is 12.2 Å². The van der Waals surface area contributed by atoms with Crippen molar-refractivity contribution in [2.24, 2.45) is 11.8 Å². The van der Waals surface area contributed by atoms with Crippen molar-refractivity contribution in [3.63, 3.8) is 0 Å². The first-order valence-corrected chi connectivity index (χ1v) is 10.3. The van der Waals surface area contributed by atoms with Crippen molar-refractivity contribution in [3.05, 3.63) is 54.6 Å². The van der Waals surface area contributed by atoms with E-state index in [0.717, 1.165) is 5.69 Å². The maximum atomic E-state index is 13.4. The van der Waals surface area contributed by atoms with Crippen molar-refractivity contribution >= 4 is 23.2 Å². The van der Waals surface area contributed by atoms with Gasteiger partial charge >= 0.3 is 0 Å². The molecule has 0 aliphatic carbocycles. The van der Waals surface area contributed by atoms with Crippen molar-refractivity contribution < 1.29 is 28.5 Å². The fraction of sp³-hybridized carbons (Fsp3) is 0.333. The van der Waals surface area contributed by atoms with E-state index in [4.69, 9.17) is 18.9 Å². The van der Waals surface area contributed by atoms with Crippen LogP contribution >= 0.6 is 0 Å². The highest BCUT2D eigenvalue weighted by atomic mass is 16.5. The van der Waals surface area contributed by atoms with Gasteiger partial charge in [0.2, 0.25) is 11.8 Å². The number of fused-ring (bicyclic) bond motifs is 1. The van der Waals surface area contributed by atoms with E-state index >= 15 is 0 Å². The molecule has 8 heteroatoms. The van der Waals surface area contributed by atoms with Gasteiger partial charge in [0.05, 0.1) is 45.8 Å². The number of methoxy groups -OCH3 is 3. The van der Waals surface area contributed by atoms with Crippen LogP contribution in [-0.4, -0.2) is 51.4 Å². The first-order valence-electron chi connectivity index (χ1n) is 10.3. The highest BCUT2D eigenvalue weighted by Gasteiger charge is 2.67. The fourth-order valence-electron chi connectivity index (χ4n) is 4.92. The second kappa shape index (κ2) is 7.56. The molecule has 3 aliphatic heterocycles. The largest absolute Gasteiger partial charge is 0.497 e. The van der Waals surface area contributed by atoms with Gasteiger partial charge in [-0.25, -0.2) is 0 Å². The lowest BCUT2D eigenvalue weighted by Gasteiger charge is -2.23. The molecule has 0 radical (unpaired) electrons. The Morgan fingerprint density at radius 3 is 2.50 bits per heavy atom. The van der Waals surface area contributed by atoms with Crippen molar-refractivity contribution in [3.8, 4) is 17.2 Å². The summed E-state index contributed by atoms with van der Waals surface area (Å²) in [6, 6.07) is 12.4. The molecular formula is C24H24N2O6. The fourth-order valence-corrected chi connectivity index (χ4v) is 4.92. The van der Waals surface area contributed by atoms with Gasteiger partial charge < -0.3 is 29.2 Å². The summed E-state index contributed by atoms with van der Waals surface area (Å²) in [6.45, 7) is 0.371. The molecule has 1 spiro atoms. The Morgan fingerprint density at radius 2 is 1.81 bits per heavy atom. The van der Waals surface area contributed by atoms with Gasteiger partial charge in [-0.15, -0.1) is 0 Å². The van der Waals surface area contributed by atoms with Crippen molar-refractivity contribution in [1.82, 2.24) is 0 Å². The molecule has 8 nitrogen and oxygen atoms in total. The highest BCUT2D eigenvalue weighted by molar-refractivity contribution is 6.05. The Labute approximate surface area is 185 Å². The summed E-state index contributed by atoms with van der Waals surface area (Å²) in [5, 5.41) is 2.92. The van der Waals surface area contributed by atoms with Crippen LogP contribution in [0.2, 0.25) is 0 Å². The molecule has 2 amide bonds. The minimum absolute atomic E-state index is 0.116. The Kier molecular flexibility index (Phi) is 4.82. The highest BCUT2D eigenvalue weighted by Crippen LogP contribution is 2.53. The van der Waals surface area contributed by atoms with Crippen LogP contribution in [0.4, 0.5) is 11.4 Å². The first kappa shape index (κ1) is 20.4. The molecule has 3 heterocycles. The predicted octanol–water partition coefficient (Wildman–Crippen LogP) is 2.64. The van der Waals surface area contributed by atoms with Crippen LogP contribution in [0.25, 0.3) is 0 Å². The number of ether oxygens (including phenoxy) is 4. The maximum Gasteiger partial charge on any atom is 0.234 e. The number of hydrogen-bond donors (Lipinski definition) is 1. The van der Waals surface area contributed by atoms with Gasteiger partial charge in [0.15, 0.2) is 11.5 Å². The zero-order valence-corrected chi connectivity index (χ0v) is 18.0. The number of nitrogens with one attached hydrogen (secondary N) is 1. The van der Waals surface area contributed by atoms with Gasteiger partial charge in [-0.2, -0.15) is 0 Å². The topological polar surface area (TPSA) is 86.3 Å². The molecule has 2 unspecified atom stereocenters. The summed E-state index contributed by atoms with van der Waals surface area (Å²) in [7, 11) is 4.68. The molecule has 2 saturated heterocycles. The minimum Gasteiger partial charge on any atom is -0.497 e. The molecule has 2 fully saturated rings. The van der Waals surface area contributed by atoms with Crippen LogP contribution in [-0.2, 0) is 14.3 Å². The van der Waals surface area contributed by atoms with Crippen molar-refractivity contribution in [2.45, 2.75) is 11.7 Å². The average molecular weight is 436 g/mol. The average Bonchev–Trinajstić information content (AvgIpc) is 3.47. The molecule has 1 N–H and O–H groups in total. The van der Waals surface area contributed by atoms with Crippen molar-refractivity contribution in [2.75, 3.05) is 38.1 Å². The number of benzene rings is 2. The maximum absolute atomic E-state index is 13.4. The molecule has 0 aromatic heterocycles. The summed E-state index contributed by atoms with van der Waals surface area (Å²) in [5.74, 6) is 0.203. The predicted molar refractivity (Wildman–Crippen MR) is 117 cm³/mol. The van der Waals surface area contributed by atoms with E-state index in [1.54, 1.807) is 37.3 Å². The molecule has 3 aliphatic rings. The van der Waals surface area contributed by atoms with E-state index in [1.807, 2.05) is 36.4 Å². The second-order valence-electron chi connectivity index (χ2n) is 8.08. The van der Waals surface area contributed by atoms with Crippen LogP contribution in [0, 0.1) is 11.8 Å². The third-order valence-corrected chi connectivity index (χ3v) is 6.44. The SMILES string of the molecule is COc1ccc(N2C[C@@]34C=C[C@@H](O3)C(C(=O)Nc3ccc(OC)c(OC)c3)C4C2=O)cc1. The zero-order chi connectivity index (χ0) is 22.5. The number of hydrogen-bond acceptors (Lipinski definition) is 6. The molecule has 166 valence electrons. The van der Waals surface area contributed by atoms with Gasteiger partial charge in [-0.3, -0.25) is 9.59 Å². The molecule has 2 aromatic carbocycles. The summed E-state index contributed by atoms with van der Waals surface area (Å²) < 4.78 is 22.0. The monoisotopic (exact) mass is 436 g/mol. The first-order chi connectivity index (χ1) is 15.5. The number of carbonyl (C=O) groups excluding carboxylic acids is 2. The summed E-state index contributed by atoms with van der Waals surface area (Å²) in [5.41, 5.74) is 0.520. The Morgan fingerprint density at radius 1 is 1.06 bits per heavy atom. The molecule has 2 bridgehead atoms. The lowest BCUT2D eigenvalue weighted by molar-refractivity contribution is -0.128. The summed E-state index contributed by atoms with van der Waals surface area (Å²) >= 11 is 0. The molecule has 0 saturated carbocycles. The van der Waals surface area contributed by atoms with Gasteiger partial charge in [0.25, 0.3) is 0 Å². The van der Waals surface area contributed by atoms with E-state index in [2.05, 4.69) is 5.32 Å². The minimum atomic E-state index is -0.790. The Hall–Kier alpha value is -3.52. The van der Waals surface area contributed by atoms with Crippen LogP contribution in [0.3, 0.4) is 0 Å². The van der Waals surface area contributed by atoms with Crippen LogP contribution < -0.4 is 24.4 Å². The van der Waals surface area contributed by atoms with Crippen molar-refractivity contribution in [1.29, 1.82) is 0 Å². The lowest BCUT2D eigenvalue weighted by atomic mass is 9.77. The van der Waals surface area contributed by atoms with Crippen LogP contribution in [0.5, 0.6) is 17.2 Å². The smallest absolute Gasteiger partial charge is 0.234 e. The van der Waals surface area contributed by atoms with E-state index in [-0.39, 0.29) is 11.8 Å². The number of amides is 2. The molecule has 2 aromatic rings. The quantitative estimate of drug-likeness (QED) is 0.701. The second-order valence-corrected chi connectivity index (χ2v) is 8.08. The van der Waals surface area contributed by atoms with E-state index in [0.29, 0.717) is 29.5 Å². The molecule has 5 rings (SSSR count). The third-order valence-electron chi connectivity index (χ3n) is 6.44. The normalized spacial score (nSPS) is 27.4. The van der Waals surface area contributed by atoms with Crippen LogP contribution in [0.1, 0.15) is 0 Å². The number of rotatable bonds is 6. The Bertz CT molecular complexity index is 1100. The van der Waals surface area contributed by atoms with Gasteiger partial charge in [0.1, 0.15) is 11.4 Å². The van der Waals surface area contributed by atoms with E-state index < -0.39 is 23.5 Å². The Balaban J connectivity index is 1.39. The summed E-state index contributed by atoms with van der Waals surface area (Å²) in [4.78, 5) is 28.4. The van der Waals surface area contributed by atoms with Gasteiger partial charge in [-0.05, 0) is 36.4 Å².